The molecule has 22 heavy (non-hydrogen) atoms. The average molecular weight is 319 g/mol. The van der Waals surface area contributed by atoms with Crippen LogP contribution in [0, 0.1) is 5.92 Å². The van der Waals surface area contributed by atoms with E-state index in [0.717, 1.165) is 18.9 Å². The standard InChI is InChI=1S/C11H15N3O.C2HF3O2/c1-15-10-6-9-5-8(10)7-14(9)11-12-3-2-4-13-11;3-2(4,5)1(6)7/h2-4,8-10H,5-7H2,1H3;(H,6,7). The van der Waals surface area contributed by atoms with Gasteiger partial charge >= 0.3 is 12.1 Å². The van der Waals surface area contributed by atoms with Crippen molar-refractivity contribution in [2.24, 2.45) is 5.92 Å². The third-order valence-electron chi connectivity index (χ3n) is 3.83. The number of aliphatic carboxylic acids is 1. The van der Waals surface area contributed by atoms with Crippen LogP contribution in [-0.2, 0) is 9.53 Å². The van der Waals surface area contributed by atoms with Crippen molar-refractivity contribution in [2.75, 3.05) is 18.6 Å². The zero-order valence-corrected chi connectivity index (χ0v) is 11.8. The number of methoxy groups -OCH3 is 1. The van der Waals surface area contributed by atoms with Crippen LogP contribution in [-0.4, -0.2) is 53.0 Å². The number of fused-ring (bicyclic) bond motifs is 2. The lowest BCUT2D eigenvalue weighted by Gasteiger charge is -2.30. The molecule has 6 nitrogen and oxygen atoms in total. The van der Waals surface area contributed by atoms with Gasteiger partial charge in [-0.2, -0.15) is 13.2 Å². The summed E-state index contributed by atoms with van der Waals surface area (Å²) in [6, 6.07) is 2.44. The Balaban J connectivity index is 0.000000217. The molecule has 0 aromatic carbocycles. The number of carbonyl (C=O) groups is 1. The smallest absolute Gasteiger partial charge is 0.475 e. The van der Waals surface area contributed by atoms with Crippen molar-refractivity contribution in [3.8, 4) is 0 Å². The van der Waals surface area contributed by atoms with Gasteiger partial charge in [-0.15, -0.1) is 0 Å². The normalized spacial score (nSPS) is 26.5. The number of piperidine rings is 1. The molecule has 1 aliphatic heterocycles. The Bertz CT molecular complexity index is 512. The lowest BCUT2D eigenvalue weighted by atomic mass is 10.1. The molecular formula is C13H16F3N3O3. The predicted octanol–water partition coefficient (Wildman–Crippen LogP) is 1.72. The maximum Gasteiger partial charge on any atom is 0.490 e. The van der Waals surface area contributed by atoms with Crippen molar-refractivity contribution in [1.82, 2.24) is 9.97 Å². The van der Waals surface area contributed by atoms with Gasteiger partial charge in [0.25, 0.3) is 0 Å². The molecule has 3 rings (SSSR count). The van der Waals surface area contributed by atoms with Gasteiger partial charge in [-0.1, -0.05) is 0 Å². The minimum Gasteiger partial charge on any atom is -0.475 e. The lowest BCUT2D eigenvalue weighted by Crippen LogP contribution is -2.39. The largest absolute Gasteiger partial charge is 0.490 e. The molecule has 2 fully saturated rings. The van der Waals surface area contributed by atoms with Gasteiger partial charge in [0.1, 0.15) is 0 Å². The summed E-state index contributed by atoms with van der Waals surface area (Å²) in [7, 11) is 1.81. The fourth-order valence-electron chi connectivity index (χ4n) is 2.88. The molecule has 0 amide bonds. The van der Waals surface area contributed by atoms with E-state index in [0.29, 0.717) is 18.1 Å². The van der Waals surface area contributed by atoms with Crippen LogP contribution in [0.1, 0.15) is 12.8 Å². The van der Waals surface area contributed by atoms with E-state index in [1.54, 1.807) is 0 Å². The molecule has 2 bridgehead atoms. The Kier molecular flexibility index (Phi) is 4.84. The number of hydrogen-bond donors (Lipinski definition) is 1. The molecule has 1 aromatic rings. The van der Waals surface area contributed by atoms with Gasteiger partial charge < -0.3 is 14.7 Å². The van der Waals surface area contributed by atoms with Crippen molar-refractivity contribution in [3.05, 3.63) is 18.5 Å². The van der Waals surface area contributed by atoms with Crippen LogP contribution in [0.5, 0.6) is 0 Å². The molecule has 0 spiro atoms. The van der Waals surface area contributed by atoms with Gasteiger partial charge in [0.15, 0.2) is 0 Å². The highest BCUT2D eigenvalue weighted by Crippen LogP contribution is 2.40. The Hall–Kier alpha value is -1.90. The Morgan fingerprint density at radius 3 is 2.36 bits per heavy atom. The second-order valence-corrected chi connectivity index (χ2v) is 5.16. The Labute approximate surface area is 124 Å². The number of carboxylic acids is 1. The minimum absolute atomic E-state index is 0.454. The summed E-state index contributed by atoms with van der Waals surface area (Å²) in [6.07, 6.45) is 1.34. The summed E-state index contributed by atoms with van der Waals surface area (Å²) in [4.78, 5) is 19.8. The zero-order valence-electron chi connectivity index (χ0n) is 11.8. The van der Waals surface area contributed by atoms with Gasteiger partial charge in [-0.25, -0.2) is 14.8 Å². The SMILES string of the molecule is COC1CC2CC1CN2c1ncccn1.O=C(O)C(F)(F)F. The first-order valence-corrected chi connectivity index (χ1v) is 6.69. The number of anilines is 1. The van der Waals surface area contributed by atoms with Gasteiger partial charge in [-0.05, 0) is 18.9 Å². The van der Waals surface area contributed by atoms with Gasteiger partial charge in [-0.3, -0.25) is 0 Å². The molecule has 3 unspecified atom stereocenters. The second-order valence-electron chi connectivity index (χ2n) is 5.16. The number of halogens is 3. The van der Waals surface area contributed by atoms with Crippen LogP contribution in [0.3, 0.4) is 0 Å². The van der Waals surface area contributed by atoms with Crippen LogP contribution in [0.4, 0.5) is 19.1 Å². The fraction of sp³-hybridized carbons (Fsp3) is 0.615. The number of aromatic nitrogens is 2. The minimum atomic E-state index is -5.08. The Morgan fingerprint density at radius 2 is 1.95 bits per heavy atom. The van der Waals surface area contributed by atoms with E-state index >= 15 is 0 Å². The van der Waals surface area contributed by atoms with E-state index in [9.17, 15) is 13.2 Å². The summed E-state index contributed by atoms with van der Waals surface area (Å²) >= 11 is 0. The molecule has 3 atom stereocenters. The van der Waals surface area contributed by atoms with Crippen molar-refractivity contribution >= 4 is 11.9 Å². The first kappa shape index (κ1) is 16.5. The van der Waals surface area contributed by atoms with Crippen molar-refractivity contribution in [2.45, 2.75) is 31.2 Å². The van der Waals surface area contributed by atoms with Crippen molar-refractivity contribution in [3.63, 3.8) is 0 Å². The van der Waals surface area contributed by atoms with Crippen molar-refractivity contribution in [1.29, 1.82) is 0 Å². The quantitative estimate of drug-likeness (QED) is 0.894. The fourth-order valence-corrected chi connectivity index (χ4v) is 2.88. The van der Waals surface area contributed by atoms with Crippen LogP contribution in [0.25, 0.3) is 0 Å². The molecule has 1 aliphatic carbocycles. The number of ether oxygens (including phenoxy) is 1. The highest BCUT2D eigenvalue weighted by atomic mass is 19.4. The third kappa shape index (κ3) is 3.65. The number of carboxylic acid groups (broad SMARTS) is 1. The van der Waals surface area contributed by atoms with E-state index in [1.165, 1.54) is 6.42 Å². The molecule has 2 aliphatic rings. The summed E-state index contributed by atoms with van der Waals surface area (Å²) in [6.45, 7) is 1.05. The average Bonchev–Trinajstić information content (AvgIpc) is 3.07. The maximum absolute atomic E-state index is 10.6. The molecular weight excluding hydrogens is 303 g/mol. The molecule has 2 heterocycles. The molecule has 0 radical (unpaired) electrons. The maximum atomic E-state index is 10.6. The van der Waals surface area contributed by atoms with E-state index < -0.39 is 12.1 Å². The van der Waals surface area contributed by atoms with Gasteiger partial charge in [0.2, 0.25) is 5.95 Å². The molecule has 1 N–H and O–H groups in total. The number of alkyl halides is 3. The summed E-state index contributed by atoms with van der Waals surface area (Å²) in [5.41, 5.74) is 0. The second kappa shape index (κ2) is 6.47. The Morgan fingerprint density at radius 1 is 1.36 bits per heavy atom. The molecule has 122 valence electrons. The highest BCUT2D eigenvalue weighted by molar-refractivity contribution is 5.73. The first-order valence-electron chi connectivity index (χ1n) is 6.69. The highest BCUT2D eigenvalue weighted by Gasteiger charge is 2.45. The van der Waals surface area contributed by atoms with Crippen LogP contribution < -0.4 is 4.90 Å². The predicted molar refractivity (Wildman–Crippen MR) is 70.4 cm³/mol. The van der Waals surface area contributed by atoms with Crippen LogP contribution in [0.2, 0.25) is 0 Å². The van der Waals surface area contributed by atoms with Gasteiger partial charge in [0.05, 0.1) is 6.10 Å². The zero-order chi connectivity index (χ0) is 16.3. The topological polar surface area (TPSA) is 75.5 Å². The van der Waals surface area contributed by atoms with Gasteiger partial charge in [0, 0.05) is 38.0 Å². The number of rotatable bonds is 2. The van der Waals surface area contributed by atoms with E-state index in [4.69, 9.17) is 14.6 Å². The van der Waals surface area contributed by atoms with E-state index in [2.05, 4.69) is 14.9 Å². The number of nitrogens with zero attached hydrogens (tertiary/aromatic N) is 3. The summed E-state index contributed by atoms with van der Waals surface area (Å²) < 4.78 is 37.2. The lowest BCUT2D eigenvalue weighted by molar-refractivity contribution is -0.192. The third-order valence-corrected chi connectivity index (χ3v) is 3.83. The monoisotopic (exact) mass is 319 g/mol. The summed E-state index contributed by atoms with van der Waals surface area (Å²) in [5.74, 6) is -1.21. The first-order chi connectivity index (χ1) is 10.3. The van der Waals surface area contributed by atoms with Crippen LogP contribution >= 0.6 is 0 Å². The van der Waals surface area contributed by atoms with Crippen LogP contribution in [0.15, 0.2) is 18.5 Å². The molecule has 1 saturated heterocycles. The van der Waals surface area contributed by atoms with E-state index in [-0.39, 0.29) is 0 Å². The molecule has 1 saturated carbocycles. The molecule has 9 heteroatoms. The number of hydrogen-bond acceptors (Lipinski definition) is 5. The summed E-state index contributed by atoms with van der Waals surface area (Å²) in [5, 5.41) is 7.12. The van der Waals surface area contributed by atoms with E-state index in [1.807, 2.05) is 25.6 Å². The molecule has 1 aromatic heterocycles. The van der Waals surface area contributed by atoms with Crippen molar-refractivity contribution < 1.29 is 27.8 Å².